The highest BCUT2D eigenvalue weighted by Gasteiger charge is 2.30. The predicted octanol–water partition coefficient (Wildman–Crippen LogP) is 5.63. The van der Waals surface area contributed by atoms with Gasteiger partial charge in [-0.3, -0.25) is 9.59 Å². The van der Waals surface area contributed by atoms with Crippen LogP contribution in [0.15, 0.2) is 54.6 Å². The summed E-state index contributed by atoms with van der Waals surface area (Å²) in [6.45, 7) is 11.8. The van der Waals surface area contributed by atoms with Crippen LogP contribution in [0.25, 0.3) is 0 Å². The molecule has 0 aliphatic heterocycles. The van der Waals surface area contributed by atoms with Gasteiger partial charge >= 0.3 is 6.09 Å². The maximum atomic E-state index is 13.6. The largest absolute Gasteiger partial charge is 0.488 e. The average Bonchev–Trinajstić information content (AvgIpc) is 2.89. The Kier molecular flexibility index (Phi) is 13.7. The summed E-state index contributed by atoms with van der Waals surface area (Å²) >= 11 is 1.61. The van der Waals surface area contributed by atoms with Crippen molar-refractivity contribution in [2.24, 2.45) is 0 Å². The summed E-state index contributed by atoms with van der Waals surface area (Å²) in [4.78, 5) is 41.4. The monoisotopic (exact) mass is 599 g/mol. The molecule has 2 N–H and O–H groups in total. The van der Waals surface area contributed by atoms with E-state index >= 15 is 0 Å². The zero-order chi connectivity index (χ0) is 31.3. The van der Waals surface area contributed by atoms with Crippen molar-refractivity contribution in [3.8, 4) is 5.75 Å². The number of carbonyl (C=O) groups is 3. The molecule has 2 aromatic rings. The Morgan fingerprint density at radius 2 is 1.50 bits per heavy atom. The maximum Gasteiger partial charge on any atom is 0.408 e. The molecular formula is C33H49N3O5S. The van der Waals surface area contributed by atoms with E-state index in [4.69, 9.17) is 9.47 Å². The SMILES string of the molecule is CSCC[C@@H](NC(=O)[C@H](Cc1ccc(OC(C)(C)C)cc1)NC(=O)OC(C)(C)C)C(=O)N(C)CCCc1ccccc1. The number of hydrogen-bond donors (Lipinski definition) is 2. The fraction of sp³-hybridized carbons (Fsp3) is 0.545. The summed E-state index contributed by atoms with van der Waals surface area (Å²) in [5.74, 6) is 0.831. The van der Waals surface area contributed by atoms with E-state index in [-0.39, 0.29) is 17.9 Å². The molecule has 0 radical (unpaired) electrons. The Hall–Kier alpha value is -3.20. The fourth-order valence-electron chi connectivity index (χ4n) is 4.25. The molecule has 0 aromatic heterocycles. The van der Waals surface area contributed by atoms with Crippen LogP contribution in [0, 0.1) is 0 Å². The first-order valence-electron chi connectivity index (χ1n) is 14.5. The molecule has 42 heavy (non-hydrogen) atoms. The Bertz CT molecular complexity index is 1130. The first-order chi connectivity index (χ1) is 19.7. The zero-order valence-electron chi connectivity index (χ0n) is 26.5. The smallest absolute Gasteiger partial charge is 0.408 e. The number of alkyl carbamates (subject to hydrolysis) is 1. The summed E-state index contributed by atoms with van der Waals surface area (Å²) in [7, 11) is 1.77. The molecule has 0 saturated heterocycles. The van der Waals surface area contributed by atoms with Crippen LogP contribution < -0.4 is 15.4 Å². The number of carbonyl (C=O) groups excluding carboxylic acids is 3. The van der Waals surface area contributed by atoms with Gasteiger partial charge in [-0.15, -0.1) is 0 Å². The van der Waals surface area contributed by atoms with Gasteiger partial charge in [0.15, 0.2) is 0 Å². The van der Waals surface area contributed by atoms with Crippen LogP contribution >= 0.6 is 11.8 Å². The van der Waals surface area contributed by atoms with Crippen LogP contribution in [0.3, 0.4) is 0 Å². The molecule has 0 saturated carbocycles. The van der Waals surface area contributed by atoms with Gasteiger partial charge in [-0.1, -0.05) is 42.5 Å². The first kappa shape index (κ1) is 35.0. The van der Waals surface area contributed by atoms with Crippen LogP contribution in [-0.4, -0.2) is 71.7 Å². The summed E-state index contributed by atoms with van der Waals surface area (Å²) in [6.07, 6.45) is 3.64. The van der Waals surface area contributed by atoms with E-state index in [0.717, 1.165) is 18.4 Å². The van der Waals surface area contributed by atoms with Crippen molar-refractivity contribution in [3.63, 3.8) is 0 Å². The lowest BCUT2D eigenvalue weighted by molar-refractivity contribution is -0.136. The molecule has 0 aliphatic rings. The second kappa shape index (κ2) is 16.4. The van der Waals surface area contributed by atoms with Gasteiger partial charge in [0.25, 0.3) is 0 Å². The highest BCUT2D eigenvalue weighted by Crippen LogP contribution is 2.19. The van der Waals surface area contributed by atoms with Gasteiger partial charge in [-0.2, -0.15) is 11.8 Å². The van der Waals surface area contributed by atoms with Crippen molar-refractivity contribution in [1.29, 1.82) is 0 Å². The lowest BCUT2D eigenvalue weighted by atomic mass is 10.0. The first-order valence-corrected chi connectivity index (χ1v) is 15.9. The molecule has 3 amide bonds. The minimum Gasteiger partial charge on any atom is -0.488 e. The van der Waals surface area contributed by atoms with Crippen LogP contribution in [0.1, 0.15) is 65.5 Å². The van der Waals surface area contributed by atoms with Crippen molar-refractivity contribution in [2.45, 2.75) is 90.5 Å². The van der Waals surface area contributed by atoms with Gasteiger partial charge in [-0.05, 0) is 96.1 Å². The summed E-state index contributed by atoms with van der Waals surface area (Å²) in [5, 5.41) is 5.66. The Balaban J connectivity index is 2.15. The maximum absolute atomic E-state index is 13.6. The highest BCUT2D eigenvalue weighted by molar-refractivity contribution is 7.98. The third-order valence-electron chi connectivity index (χ3n) is 6.20. The minimum atomic E-state index is -0.942. The van der Waals surface area contributed by atoms with Crippen molar-refractivity contribution < 1.29 is 23.9 Å². The molecule has 2 atom stereocenters. The van der Waals surface area contributed by atoms with Gasteiger partial charge in [0.1, 0.15) is 29.0 Å². The molecule has 2 rings (SSSR count). The second-order valence-electron chi connectivity index (χ2n) is 12.5. The molecule has 9 heteroatoms. The van der Waals surface area contributed by atoms with E-state index in [1.807, 2.05) is 69.5 Å². The third-order valence-corrected chi connectivity index (χ3v) is 6.84. The number of rotatable bonds is 14. The van der Waals surface area contributed by atoms with Crippen LogP contribution in [0.4, 0.5) is 4.79 Å². The standard InChI is InChI=1S/C33H49N3O5S/c1-32(2,3)40-26-18-16-25(17-19-26)23-28(35-31(39)41-33(4,5)6)29(37)34-27(20-22-42-8)30(38)36(7)21-12-15-24-13-10-9-11-14-24/h9-11,13-14,16-19,27-28H,12,15,20-23H2,1-8H3,(H,34,37)(H,35,39)/t27-,28+/m1/s1. The molecule has 8 nitrogen and oxygen atoms in total. The molecule has 0 unspecified atom stereocenters. The third kappa shape index (κ3) is 13.6. The van der Waals surface area contributed by atoms with Crippen molar-refractivity contribution in [3.05, 3.63) is 65.7 Å². The van der Waals surface area contributed by atoms with Gasteiger partial charge in [-0.25, -0.2) is 4.79 Å². The number of likely N-dealkylation sites (N-methyl/N-ethyl adjacent to an activating group) is 1. The van der Waals surface area contributed by atoms with Gasteiger partial charge < -0.3 is 25.0 Å². The Morgan fingerprint density at radius 1 is 0.857 bits per heavy atom. The van der Waals surface area contributed by atoms with E-state index < -0.39 is 29.7 Å². The number of ether oxygens (including phenoxy) is 2. The number of thioether (sulfide) groups is 1. The van der Waals surface area contributed by atoms with Crippen LogP contribution in [0.5, 0.6) is 5.75 Å². The molecule has 0 fully saturated rings. The molecule has 0 bridgehead atoms. The number of benzene rings is 2. The molecule has 2 aromatic carbocycles. The fourth-order valence-corrected chi connectivity index (χ4v) is 4.72. The summed E-state index contributed by atoms with van der Waals surface area (Å²) < 4.78 is 11.3. The van der Waals surface area contributed by atoms with Crippen LogP contribution in [0.2, 0.25) is 0 Å². The normalized spacial score (nSPS) is 13.0. The van der Waals surface area contributed by atoms with Crippen molar-refractivity contribution in [2.75, 3.05) is 25.6 Å². The molecule has 0 aliphatic carbocycles. The molecule has 0 heterocycles. The van der Waals surface area contributed by atoms with E-state index in [1.54, 1.807) is 44.5 Å². The zero-order valence-corrected chi connectivity index (χ0v) is 27.3. The predicted molar refractivity (Wildman–Crippen MR) is 171 cm³/mol. The average molecular weight is 600 g/mol. The van der Waals surface area contributed by atoms with Gasteiger partial charge in [0.2, 0.25) is 11.8 Å². The van der Waals surface area contributed by atoms with E-state index in [2.05, 4.69) is 22.8 Å². The van der Waals surface area contributed by atoms with Gasteiger partial charge in [0.05, 0.1) is 0 Å². The van der Waals surface area contributed by atoms with E-state index in [0.29, 0.717) is 24.5 Å². The Labute approximate surface area is 256 Å². The Morgan fingerprint density at radius 3 is 2.07 bits per heavy atom. The number of hydrogen-bond acceptors (Lipinski definition) is 6. The highest BCUT2D eigenvalue weighted by atomic mass is 32.2. The van der Waals surface area contributed by atoms with Crippen molar-refractivity contribution >= 4 is 29.7 Å². The lowest BCUT2D eigenvalue weighted by Gasteiger charge is -2.27. The number of aryl methyl sites for hydroxylation is 1. The number of nitrogens with one attached hydrogen (secondary N) is 2. The number of nitrogens with zero attached hydrogens (tertiary/aromatic N) is 1. The summed E-state index contributed by atoms with van der Waals surface area (Å²) in [5.41, 5.74) is 0.989. The van der Waals surface area contributed by atoms with E-state index in [9.17, 15) is 14.4 Å². The molecule has 0 spiro atoms. The van der Waals surface area contributed by atoms with Crippen LogP contribution in [-0.2, 0) is 27.2 Å². The van der Waals surface area contributed by atoms with Crippen molar-refractivity contribution in [1.82, 2.24) is 15.5 Å². The molecular weight excluding hydrogens is 550 g/mol. The molecule has 232 valence electrons. The van der Waals surface area contributed by atoms with Gasteiger partial charge in [0, 0.05) is 20.0 Å². The van der Waals surface area contributed by atoms with E-state index in [1.165, 1.54) is 5.56 Å². The second-order valence-corrected chi connectivity index (χ2v) is 13.4. The number of amides is 3. The quantitative estimate of drug-likeness (QED) is 0.292. The lowest BCUT2D eigenvalue weighted by Crippen LogP contribution is -2.55. The topological polar surface area (TPSA) is 97.0 Å². The summed E-state index contributed by atoms with van der Waals surface area (Å²) in [6, 6.07) is 15.9. The minimum absolute atomic E-state index is 0.148.